The Morgan fingerprint density at radius 2 is 1.94 bits per heavy atom. The first-order chi connectivity index (χ1) is 23.1. The number of likely N-dealkylation sites (tertiary alicyclic amines) is 1. The molecule has 3 heterocycles. The van der Waals surface area contributed by atoms with Crippen LogP contribution in [0.4, 0.5) is 15.9 Å². The van der Waals surface area contributed by atoms with Crippen LogP contribution >= 0.6 is 11.6 Å². The number of pyridine rings is 1. The molecule has 2 amide bonds. The van der Waals surface area contributed by atoms with Gasteiger partial charge in [-0.1, -0.05) is 41.9 Å². The van der Waals surface area contributed by atoms with Crippen LogP contribution in [-0.4, -0.2) is 90.8 Å². The average molecular weight is 672 g/mol. The van der Waals surface area contributed by atoms with E-state index in [4.69, 9.17) is 28.2 Å². The molecule has 0 bridgehead atoms. The van der Waals surface area contributed by atoms with Gasteiger partial charge in [-0.05, 0) is 67.8 Å². The van der Waals surface area contributed by atoms with Crippen LogP contribution in [-0.2, 0) is 9.59 Å². The first kappa shape index (κ1) is 34.4. The van der Waals surface area contributed by atoms with Gasteiger partial charge in [-0.3, -0.25) is 30.2 Å². The molecule has 0 saturated carbocycles. The summed E-state index contributed by atoms with van der Waals surface area (Å²) in [4.78, 5) is 40.9. The molecule has 1 saturated heterocycles. The number of hydrogen-bond acceptors (Lipinski definition) is 7. The lowest BCUT2D eigenvalue weighted by atomic mass is 9.98. The molecule has 0 radical (unpaired) electrons. The molecule has 0 spiro atoms. The van der Waals surface area contributed by atoms with Crippen molar-refractivity contribution in [3.8, 4) is 0 Å². The third kappa shape index (κ3) is 7.77. The second kappa shape index (κ2) is 15.3. The normalized spacial score (nSPS) is 16.5. The van der Waals surface area contributed by atoms with Crippen LogP contribution in [0.15, 0.2) is 65.7 Å². The summed E-state index contributed by atoms with van der Waals surface area (Å²) < 4.78 is 14.6. The standard InChI is InChI=1S/C35H39ClFN9O2/c1-3-46(30-11-10-29(38)33(43-30)32(39)27-9-8-26(36)18-28(27)37)35(48)25-12-15-44(19-25)20-31(47)45-16-13-23(14-17-45)22-4-6-24(7-5-22)34(40)42-21-41-2/h4-11,13,18,21,25,39H,3,12,14-17,19-20,38H2,1-2H3,(H2,40,41,42)/t25-/m1/s1. The van der Waals surface area contributed by atoms with Crippen molar-refractivity contribution in [2.45, 2.75) is 19.8 Å². The van der Waals surface area contributed by atoms with Crippen molar-refractivity contribution in [1.82, 2.24) is 20.1 Å². The summed E-state index contributed by atoms with van der Waals surface area (Å²) in [6, 6.07) is 14.9. The molecule has 3 aromatic rings. The molecule has 11 nitrogen and oxygen atoms in total. The number of amides is 2. The lowest BCUT2D eigenvalue weighted by Crippen LogP contribution is -2.42. The number of nitrogens with one attached hydrogen (secondary N) is 3. The molecule has 1 aromatic heterocycles. The fourth-order valence-electron chi connectivity index (χ4n) is 5.95. The summed E-state index contributed by atoms with van der Waals surface area (Å²) in [5, 5.41) is 19.6. The van der Waals surface area contributed by atoms with Gasteiger partial charge in [0, 0.05) is 49.4 Å². The van der Waals surface area contributed by atoms with E-state index < -0.39 is 5.82 Å². The second-order valence-electron chi connectivity index (χ2n) is 11.7. The SMILES string of the molecule is CCN(C(=O)[C@@H]1CCN(CC(=O)N2CC=C(c3ccc(C(=N)/N=C\NC)cc3)CC2)C1)c1ccc(N)c(C(=N)c2ccc(Cl)cc2F)n1. The summed E-state index contributed by atoms with van der Waals surface area (Å²) in [5.41, 5.74) is 9.14. The van der Waals surface area contributed by atoms with Crippen molar-refractivity contribution in [3.05, 3.63) is 93.9 Å². The number of halogens is 2. The fraction of sp³-hybridized carbons (Fsp3) is 0.314. The van der Waals surface area contributed by atoms with E-state index in [0.29, 0.717) is 45.0 Å². The minimum Gasteiger partial charge on any atom is -0.397 e. The van der Waals surface area contributed by atoms with E-state index in [-0.39, 0.29) is 57.8 Å². The van der Waals surface area contributed by atoms with Gasteiger partial charge in [-0.25, -0.2) is 14.4 Å². The summed E-state index contributed by atoms with van der Waals surface area (Å²) in [7, 11) is 1.73. The maximum Gasteiger partial charge on any atom is 0.237 e. The van der Waals surface area contributed by atoms with Gasteiger partial charge in [0.25, 0.3) is 0 Å². The molecular formula is C35H39ClFN9O2. The van der Waals surface area contributed by atoms with E-state index in [1.165, 1.54) is 18.5 Å². The van der Waals surface area contributed by atoms with Gasteiger partial charge in [0.2, 0.25) is 11.8 Å². The molecule has 48 heavy (non-hydrogen) atoms. The van der Waals surface area contributed by atoms with Gasteiger partial charge in [0.1, 0.15) is 17.3 Å². The third-order valence-corrected chi connectivity index (χ3v) is 8.84. The molecule has 1 atom stereocenters. The van der Waals surface area contributed by atoms with Crippen molar-refractivity contribution < 1.29 is 14.0 Å². The number of anilines is 2. The number of amidine groups is 1. The lowest BCUT2D eigenvalue weighted by molar-refractivity contribution is -0.132. The van der Waals surface area contributed by atoms with Crippen molar-refractivity contribution >= 4 is 58.4 Å². The van der Waals surface area contributed by atoms with E-state index in [1.54, 1.807) is 24.1 Å². The summed E-state index contributed by atoms with van der Waals surface area (Å²) in [6.45, 7) is 4.60. The number of aromatic nitrogens is 1. The van der Waals surface area contributed by atoms with Crippen molar-refractivity contribution in [1.29, 1.82) is 10.8 Å². The Morgan fingerprint density at radius 1 is 1.17 bits per heavy atom. The lowest BCUT2D eigenvalue weighted by Gasteiger charge is -2.29. The Labute approximate surface area is 284 Å². The van der Waals surface area contributed by atoms with Crippen LogP contribution < -0.4 is 16.0 Å². The van der Waals surface area contributed by atoms with Crippen LogP contribution in [0.1, 0.15) is 42.1 Å². The molecule has 1 fully saturated rings. The molecule has 250 valence electrons. The van der Waals surface area contributed by atoms with Crippen LogP contribution in [0, 0.1) is 22.6 Å². The highest BCUT2D eigenvalue weighted by molar-refractivity contribution is 6.30. The van der Waals surface area contributed by atoms with E-state index in [9.17, 15) is 14.0 Å². The number of nitrogens with two attached hydrogens (primary N) is 1. The van der Waals surface area contributed by atoms with Gasteiger partial charge in [-0.15, -0.1) is 0 Å². The Balaban J connectivity index is 1.17. The molecule has 0 aliphatic carbocycles. The zero-order chi connectivity index (χ0) is 34.4. The topological polar surface area (TPSA) is 155 Å². The number of aliphatic imine (C=N–C) groups is 1. The molecule has 2 aliphatic heterocycles. The van der Waals surface area contributed by atoms with E-state index in [0.717, 1.165) is 29.2 Å². The molecule has 5 rings (SSSR count). The maximum absolute atomic E-state index is 14.6. The highest BCUT2D eigenvalue weighted by Gasteiger charge is 2.34. The number of carbonyl (C=O) groups excluding carboxylic acids is 2. The van der Waals surface area contributed by atoms with Gasteiger partial charge in [0.15, 0.2) is 5.84 Å². The first-order valence-electron chi connectivity index (χ1n) is 15.8. The minimum absolute atomic E-state index is 0.00406. The molecular weight excluding hydrogens is 633 g/mol. The van der Waals surface area contributed by atoms with Gasteiger partial charge < -0.3 is 16.0 Å². The zero-order valence-electron chi connectivity index (χ0n) is 27.0. The predicted molar refractivity (Wildman–Crippen MR) is 189 cm³/mol. The summed E-state index contributed by atoms with van der Waals surface area (Å²) in [5.74, 6) is -0.584. The third-order valence-electron chi connectivity index (χ3n) is 8.60. The Morgan fingerprint density at radius 3 is 2.60 bits per heavy atom. The monoisotopic (exact) mass is 671 g/mol. The fourth-order valence-corrected chi connectivity index (χ4v) is 6.11. The largest absolute Gasteiger partial charge is 0.397 e. The Bertz CT molecular complexity index is 1780. The Hall–Kier alpha value is -4.94. The van der Waals surface area contributed by atoms with Gasteiger partial charge in [-0.2, -0.15) is 0 Å². The molecule has 2 aliphatic rings. The number of hydrogen-bond donors (Lipinski definition) is 4. The van der Waals surface area contributed by atoms with Crippen molar-refractivity contribution in [2.75, 3.05) is 56.9 Å². The van der Waals surface area contributed by atoms with Crippen LogP contribution in [0.2, 0.25) is 5.02 Å². The summed E-state index contributed by atoms with van der Waals surface area (Å²) in [6.07, 6.45) is 4.88. The number of carbonyl (C=O) groups is 2. The highest BCUT2D eigenvalue weighted by Crippen LogP contribution is 2.27. The van der Waals surface area contributed by atoms with Crippen molar-refractivity contribution in [2.24, 2.45) is 10.9 Å². The second-order valence-corrected chi connectivity index (χ2v) is 12.1. The quantitative estimate of drug-likeness (QED) is 0.185. The number of nitrogens with zero attached hydrogens (tertiary/aromatic N) is 5. The maximum atomic E-state index is 14.6. The van der Waals surface area contributed by atoms with Gasteiger partial charge in [0.05, 0.1) is 30.2 Å². The molecule has 5 N–H and O–H groups in total. The predicted octanol–water partition coefficient (Wildman–Crippen LogP) is 4.44. The number of rotatable bonds is 10. The number of nitrogen functional groups attached to an aromatic ring is 1. The molecule has 2 aromatic carbocycles. The Kier molecular flexibility index (Phi) is 11.0. The highest BCUT2D eigenvalue weighted by atomic mass is 35.5. The van der Waals surface area contributed by atoms with E-state index in [1.807, 2.05) is 41.0 Å². The van der Waals surface area contributed by atoms with Crippen LogP contribution in [0.5, 0.6) is 0 Å². The smallest absolute Gasteiger partial charge is 0.237 e. The van der Waals surface area contributed by atoms with Gasteiger partial charge >= 0.3 is 0 Å². The molecule has 0 unspecified atom stereocenters. The van der Waals surface area contributed by atoms with Crippen LogP contribution in [0.3, 0.4) is 0 Å². The molecule has 13 heteroatoms. The van der Waals surface area contributed by atoms with E-state index in [2.05, 4.69) is 21.4 Å². The van der Waals surface area contributed by atoms with Crippen molar-refractivity contribution in [3.63, 3.8) is 0 Å². The number of benzene rings is 2. The zero-order valence-corrected chi connectivity index (χ0v) is 27.7. The minimum atomic E-state index is -0.663. The average Bonchev–Trinajstić information content (AvgIpc) is 3.56. The van der Waals surface area contributed by atoms with Crippen LogP contribution in [0.25, 0.3) is 5.57 Å². The first-order valence-corrected chi connectivity index (χ1v) is 16.2. The summed E-state index contributed by atoms with van der Waals surface area (Å²) >= 11 is 5.88. The van der Waals surface area contributed by atoms with E-state index >= 15 is 0 Å².